The average Bonchev–Trinajstić information content (AvgIpc) is 3.01. The number of amides is 1. The molecule has 22 heavy (non-hydrogen) atoms. The molecule has 2 heterocycles. The van der Waals surface area contributed by atoms with Crippen molar-refractivity contribution in [3.05, 3.63) is 48.0 Å². The second-order valence-electron chi connectivity index (χ2n) is 5.37. The van der Waals surface area contributed by atoms with E-state index in [1.54, 1.807) is 30.0 Å². The molecule has 2 aliphatic heterocycles. The normalized spacial score (nSPS) is 19.0. The third-order valence-electron chi connectivity index (χ3n) is 3.88. The van der Waals surface area contributed by atoms with Gasteiger partial charge in [-0.3, -0.25) is 4.79 Å². The first-order chi connectivity index (χ1) is 10.7. The smallest absolute Gasteiger partial charge is 0.258 e. The van der Waals surface area contributed by atoms with Gasteiger partial charge in [0.2, 0.25) is 6.79 Å². The molecule has 2 aromatic carbocycles. The number of anilines is 1. The Bertz CT molecular complexity index is 746. The minimum absolute atomic E-state index is 0.00134. The van der Waals surface area contributed by atoms with Gasteiger partial charge in [0.1, 0.15) is 0 Å². The van der Waals surface area contributed by atoms with Crippen LogP contribution in [0.2, 0.25) is 0 Å². The summed E-state index contributed by atoms with van der Waals surface area (Å²) in [6.45, 7) is 2.29. The quantitative estimate of drug-likeness (QED) is 0.807. The van der Waals surface area contributed by atoms with Gasteiger partial charge in [-0.15, -0.1) is 11.8 Å². The van der Waals surface area contributed by atoms with Crippen LogP contribution in [0.25, 0.3) is 0 Å². The van der Waals surface area contributed by atoms with Gasteiger partial charge in [0.15, 0.2) is 11.5 Å². The van der Waals surface area contributed by atoms with E-state index in [4.69, 9.17) is 9.47 Å². The second-order valence-corrected chi connectivity index (χ2v) is 6.43. The molecule has 0 bridgehead atoms. The molecule has 5 heteroatoms. The molecule has 1 unspecified atom stereocenters. The van der Waals surface area contributed by atoms with Gasteiger partial charge in [-0.25, -0.2) is 0 Å². The number of para-hydroxylation sites is 1. The van der Waals surface area contributed by atoms with E-state index >= 15 is 0 Å². The maximum atomic E-state index is 13.0. The number of carbonyl (C=O) groups is 1. The van der Waals surface area contributed by atoms with E-state index in [1.165, 1.54) is 0 Å². The zero-order chi connectivity index (χ0) is 15.1. The number of hydrogen-bond acceptors (Lipinski definition) is 4. The highest BCUT2D eigenvalue weighted by molar-refractivity contribution is 7.99. The predicted molar refractivity (Wildman–Crippen MR) is 86.0 cm³/mol. The van der Waals surface area contributed by atoms with Gasteiger partial charge in [-0.2, -0.15) is 0 Å². The highest BCUT2D eigenvalue weighted by Crippen LogP contribution is 2.39. The molecule has 0 aromatic heterocycles. The fraction of sp³-hybridized carbons (Fsp3) is 0.235. The van der Waals surface area contributed by atoms with E-state index < -0.39 is 0 Å². The van der Waals surface area contributed by atoms with Gasteiger partial charge in [-0.1, -0.05) is 12.1 Å². The monoisotopic (exact) mass is 313 g/mol. The Morgan fingerprint density at radius 1 is 1.18 bits per heavy atom. The molecule has 4 rings (SSSR count). The molecule has 0 fully saturated rings. The molecule has 4 nitrogen and oxygen atoms in total. The van der Waals surface area contributed by atoms with Crippen molar-refractivity contribution in [2.45, 2.75) is 17.9 Å². The highest BCUT2D eigenvalue weighted by Gasteiger charge is 2.30. The van der Waals surface area contributed by atoms with Crippen molar-refractivity contribution in [2.24, 2.45) is 0 Å². The first-order valence-corrected chi connectivity index (χ1v) is 8.17. The summed E-state index contributed by atoms with van der Waals surface area (Å²) >= 11 is 1.79. The molecule has 0 saturated carbocycles. The third-order valence-corrected chi connectivity index (χ3v) is 5.19. The average molecular weight is 313 g/mol. The van der Waals surface area contributed by atoms with E-state index in [2.05, 4.69) is 13.0 Å². The highest BCUT2D eigenvalue weighted by atomic mass is 32.2. The van der Waals surface area contributed by atoms with E-state index in [9.17, 15) is 4.79 Å². The maximum absolute atomic E-state index is 13.0. The van der Waals surface area contributed by atoms with E-state index in [0.29, 0.717) is 17.1 Å². The lowest BCUT2D eigenvalue weighted by Crippen LogP contribution is -2.42. The molecule has 2 aromatic rings. The van der Waals surface area contributed by atoms with E-state index in [1.807, 2.05) is 23.1 Å². The van der Waals surface area contributed by atoms with Crippen LogP contribution < -0.4 is 14.4 Å². The molecule has 0 saturated heterocycles. The van der Waals surface area contributed by atoms with Crippen LogP contribution in [0.1, 0.15) is 17.3 Å². The van der Waals surface area contributed by atoms with E-state index in [0.717, 1.165) is 16.3 Å². The van der Waals surface area contributed by atoms with Crippen molar-refractivity contribution in [1.29, 1.82) is 0 Å². The first-order valence-electron chi connectivity index (χ1n) is 7.19. The number of nitrogens with zero attached hydrogens (tertiary/aromatic N) is 1. The summed E-state index contributed by atoms with van der Waals surface area (Å²) in [6, 6.07) is 13.6. The molecular formula is C17H15NO3S. The standard InChI is InChI=1S/C17H15NO3S/c1-11-9-22-16-5-3-2-4-13(16)18(11)17(19)12-6-7-14-15(8-12)21-10-20-14/h2-8,11H,9-10H2,1H3. The molecule has 0 spiro atoms. The van der Waals surface area contributed by atoms with Crippen LogP contribution in [0, 0.1) is 0 Å². The summed E-state index contributed by atoms with van der Waals surface area (Å²) in [7, 11) is 0. The number of rotatable bonds is 1. The fourth-order valence-corrected chi connectivity index (χ4v) is 3.84. The number of ether oxygens (including phenoxy) is 2. The SMILES string of the molecule is CC1CSc2ccccc2N1C(=O)c1ccc2c(c1)OCO2. The number of hydrogen-bond donors (Lipinski definition) is 0. The van der Waals surface area contributed by atoms with Crippen LogP contribution in [0.15, 0.2) is 47.4 Å². The predicted octanol–water partition coefficient (Wildman–Crippen LogP) is 3.56. The van der Waals surface area contributed by atoms with Crippen LogP contribution in [0.5, 0.6) is 11.5 Å². The minimum atomic E-state index is -0.00134. The summed E-state index contributed by atoms with van der Waals surface area (Å²) in [6.07, 6.45) is 0. The number of thioether (sulfide) groups is 1. The summed E-state index contributed by atoms with van der Waals surface area (Å²) < 4.78 is 10.7. The third kappa shape index (κ3) is 2.13. The van der Waals surface area contributed by atoms with Gasteiger partial charge >= 0.3 is 0 Å². The lowest BCUT2D eigenvalue weighted by Gasteiger charge is -2.34. The van der Waals surface area contributed by atoms with Crippen LogP contribution >= 0.6 is 11.8 Å². The molecule has 0 aliphatic carbocycles. The van der Waals surface area contributed by atoms with Crippen molar-refractivity contribution in [2.75, 3.05) is 17.4 Å². The zero-order valence-corrected chi connectivity index (χ0v) is 12.9. The summed E-state index contributed by atoms with van der Waals surface area (Å²) in [5, 5.41) is 0. The second kappa shape index (κ2) is 5.25. The Kier molecular flexibility index (Phi) is 3.22. The Labute approximate surface area is 133 Å². The van der Waals surface area contributed by atoms with Crippen molar-refractivity contribution >= 4 is 23.4 Å². The molecule has 1 atom stereocenters. The number of fused-ring (bicyclic) bond motifs is 2. The van der Waals surface area contributed by atoms with Gasteiger partial charge in [0, 0.05) is 22.3 Å². The topological polar surface area (TPSA) is 38.8 Å². The number of benzene rings is 2. The molecule has 0 radical (unpaired) electrons. The van der Waals surface area contributed by atoms with Crippen LogP contribution in [0.4, 0.5) is 5.69 Å². The lowest BCUT2D eigenvalue weighted by atomic mass is 10.1. The van der Waals surface area contributed by atoms with Gasteiger partial charge in [-0.05, 0) is 37.3 Å². The molecule has 0 N–H and O–H groups in total. The zero-order valence-electron chi connectivity index (χ0n) is 12.1. The van der Waals surface area contributed by atoms with Crippen molar-refractivity contribution in [3.8, 4) is 11.5 Å². The van der Waals surface area contributed by atoms with Crippen molar-refractivity contribution in [3.63, 3.8) is 0 Å². The maximum Gasteiger partial charge on any atom is 0.258 e. The van der Waals surface area contributed by atoms with Crippen molar-refractivity contribution < 1.29 is 14.3 Å². The van der Waals surface area contributed by atoms with Crippen LogP contribution in [-0.4, -0.2) is 24.5 Å². The van der Waals surface area contributed by atoms with Gasteiger partial charge in [0.05, 0.1) is 5.69 Å². The largest absolute Gasteiger partial charge is 0.454 e. The Hall–Kier alpha value is -2.14. The minimum Gasteiger partial charge on any atom is -0.454 e. The fourth-order valence-electron chi connectivity index (χ4n) is 2.78. The van der Waals surface area contributed by atoms with E-state index in [-0.39, 0.29) is 18.7 Å². The van der Waals surface area contributed by atoms with Crippen LogP contribution in [0.3, 0.4) is 0 Å². The first kappa shape index (κ1) is 13.5. The molecule has 2 aliphatic rings. The summed E-state index contributed by atoms with van der Waals surface area (Å²) in [4.78, 5) is 16.0. The Balaban J connectivity index is 1.73. The molecule has 112 valence electrons. The van der Waals surface area contributed by atoms with Crippen molar-refractivity contribution in [1.82, 2.24) is 0 Å². The lowest BCUT2D eigenvalue weighted by molar-refractivity contribution is 0.0979. The Morgan fingerprint density at radius 2 is 2.00 bits per heavy atom. The Morgan fingerprint density at radius 3 is 2.91 bits per heavy atom. The number of carbonyl (C=O) groups excluding carboxylic acids is 1. The van der Waals surface area contributed by atoms with Gasteiger partial charge in [0.25, 0.3) is 5.91 Å². The van der Waals surface area contributed by atoms with Crippen LogP contribution in [-0.2, 0) is 0 Å². The summed E-state index contributed by atoms with van der Waals surface area (Å²) in [5.74, 6) is 2.23. The molecular weight excluding hydrogens is 298 g/mol. The van der Waals surface area contributed by atoms with Gasteiger partial charge < -0.3 is 14.4 Å². The molecule has 1 amide bonds. The summed E-state index contributed by atoms with van der Waals surface area (Å²) in [5.41, 5.74) is 1.60.